The van der Waals surface area contributed by atoms with Crippen molar-refractivity contribution in [1.29, 1.82) is 0 Å². The van der Waals surface area contributed by atoms with E-state index in [-0.39, 0.29) is 12.3 Å². The van der Waals surface area contributed by atoms with E-state index in [2.05, 4.69) is 15.3 Å². The number of hydrogen-bond donors (Lipinski definition) is 0. The van der Waals surface area contributed by atoms with Gasteiger partial charge in [0.15, 0.2) is 5.75 Å². The highest BCUT2D eigenvalue weighted by molar-refractivity contribution is 6.40. The van der Waals surface area contributed by atoms with Crippen LogP contribution in [-0.2, 0) is 19.6 Å². The van der Waals surface area contributed by atoms with Gasteiger partial charge < -0.3 is 9.15 Å². The lowest BCUT2D eigenvalue weighted by Gasteiger charge is -2.11. The van der Waals surface area contributed by atoms with E-state index in [0.717, 1.165) is 5.56 Å². The Kier molecular flexibility index (Phi) is 6.59. The minimum absolute atomic E-state index is 0.0728. The summed E-state index contributed by atoms with van der Waals surface area (Å²) >= 11 is 18.2. The molecule has 0 atom stereocenters. The summed E-state index contributed by atoms with van der Waals surface area (Å²) in [5.74, 6) is 1.08. The second kappa shape index (κ2) is 9.56. The minimum Gasteiger partial charge on any atom is -0.486 e. The van der Waals surface area contributed by atoms with E-state index in [0.29, 0.717) is 51.1 Å². The summed E-state index contributed by atoms with van der Waals surface area (Å²) in [5.41, 5.74) is 1.48. The van der Waals surface area contributed by atoms with Crippen LogP contribution in [0.3, 0.4) is 0 Å². The third kappa shape index (κ3) is 5.18. The molecule has 0 N–H and O–H groups in total. The molecule has 2 heterocycles. The second-order valence-corrected chi connectivity index (χ2v) is 7.91. The normalized spacial score (nSPS) is 11.0. The second-order valence-electron chi connectivity index (χ2n) is 6.66. The van der Waals surface area contributed by atoms with Gasteiger partial charge in [-0.1, -0.05) is 46.9 Å². The van der Waals surface area contributed by atoms with Gasteiger partial charge in [0.05, 0.1) is 15.0 Å². The van der Waals surface area contributed by atoms with Gasteiger partial charge in [-0.3, -0.25) is 14.8 Å². The van der Waals surface area contributed by atoms with E-state index in [4.69, 9.17) is 44.0 Å². The summed E-state index contributed by atoms with van der Waals surface area (Å²) in [6.45, 7) is 0.583. The predicted octanol–water partition coefficient (Wildman–Crippen LogP) is 5.62. The van der Waals surface area contributed by atoms with Crippen LogP contribution in [0.1, 0.15) is 11.5 Å². The van der Waals surface area contributed by atoms with E-state index in [1.165, 1.54) is 17.1 Å². The molecule has 0 fully saturated rings. The lowest BCUT2D eigenvalue weighted by atomic mass is 10.1. The van der Waals surface area contributed by atoms with Crippen LogP contribution in [0.25, 0.3) is 11.5 Å². The number of benzene rings is 2. The zero-order chi connectivity index (χ0) is 22.7. The molecule has 2 aromatic heterocycles. The largest absolute Gasteiger partial charge is 0.486 e. The maximum absolute atomic E-state index is 10.7. The zero-order valence-electron chi connectivity index (χ0n) is 16.2. The molecule has 0 aliphatic carbocycles. The Morgan fingerprint density at radius 3 is 2.62 bits per heavy atom. The molecule has 32 heavy (non-hydrogen) atoms. The average molecular weight is 495 g/mol. The number of aryl methyl sites for hydroxylation is 2. The van der Waals surface area contributed by atoms with Gasteiger partial charge in [0.25, 0.3) is 0 Å². The molecule has 0 saturated carbocycles. The third-order valence-electron chi connectivity index (χ3n) is 4.37. The SMILES string of the molecule is O=[N+]([O-])c1cnn(CCc2nnc(-c3cccc(COc4c(Cl)cc(Cl)cc4Cl)c3)o2)c1. The number of halogens is 3. The number of aromatic nitrogens is 4. The molecule has 4 aromatic rings. The maximum Gasteiger partial charge on any atom is 0.306 e. The van der Waals surface area contributed by atoms with Crippen molar-refractivity contribution >= 4 is 40.5 Å². The first-order valence-corrected chi connectivity index (χ1v) is 10.4. The fourth-order valence-corrected chi connectivity index (χ4v) is 3.79. The smallest absolute Gasteiger partial charge is 0.306 e. The molecule has 2 aromatic carbocycles. The van der Waals surface area contributed by atoms with Crippen LogP contribution >= 0.6 is 34.8 Å². The van der Waals surface area contributed by atoms with E-state index in [1.54, 1.807) is 12.1 Å². The Balaban J connectivity index is 1.41. The van der Waals surface area contributed by atoms with Gasteiger partial charge in [-0.15, -0.1) is 10.2 Å². The molecular formula is C20H14Cl3N5O4. The third-order valence-corrected chi connectivity index (χ3v) is 5.15. The van der Waals surface area contributed by atoms with Crippen LogP contribution in [0.4, 0.5) is 5.69 Å². The molecule has 0 radical (unpaired) electrons. The lowest BCUT2D eigenvalue weighted by molar-refractivity contribution is -0.385. The first-order chi connectivity index (χ1) is 15.4. The average Bonchev–Trinajstić information content (AvgIpc) is 3.41. The van der Waals surface area contributed by atoms with Crippen molar-refractivity contribution in [3.8, 4) is 17.2 Å². The van der Waals surface area contributed by atoms with Crippen LogP contribution in [0.15, 0.2) is 53.2 Å². The summed E-state index contributed by atoms with van der Waals surface area (Å²) in [7, 11) is 0. The van der Waals surface area contributed by atoms with Crippen LogP contribution in [-0.4, -0.2) is 24.9 Å². The van der Waals surface area contributed by atoms with E-state index >= 15 is 0 Å². The summed E-state index contributed by atoms with van der Waals surface area (Å²) in [6, 6.07) is 10.5. The first kappa shape index (κ1) is 22.1. The van der Waals surface area contributed by atoms with Crippen LogP contribution < -0.4 is 4.74 Å². The molecule has 164 valence electrons. The van der Waals surface area contributed by atoms with Gasteiger partial charge in [0.2, 0.25) is 11.8 Å². The quantitative estimate of drug-likeness (QED) is 0.231. The van der Waals surface area contributed by atoms with Crippen LogP contribution in [0.5, 0.6) is 5.75 Å². The van der Waals surface area contributed by atoms with E-state index in [9.17, 15) is 10.1 Å². The molecular weight excluding hydrogens is 481 g/mol. The Morgan fingerprint density at radius 2 is 1.91 bits per heavy atom. The molecule has 9 nitrogen and oxygen atoms in total. The molecule has 0 aliphatic rings. The van der Waals surface area contributed by atoms with Crippen molar-refractivity contribution in [2.75, 3.05) is 0 Å². The van der Waals surface area contributed by atoms with Crippen molar-refractivity contribution in [2.45, 2.75) is 19.6 Å². The minimum atomic E-state index is -0.500. The van der Waals surface area contributed by atoms with Crippen molar-refractivity contribution in [3.63, 3.8) is 0 Å². The van der Waals surface area contributed by atoms with Gasteiger partial charge in [-0.05, 0) is 29.8 Å². The Morgan fingerprint density at radius 1 is 1.12 bits per heavy atom. The van der Waals surface area contributed by atoms with Crippen molar-refractivity contribution in [3.05, 3.63) is 85.4 Å². The molecule has 0 unspecified atom stereocenters. The van der Waals surface area contributed by atoms with Gasteiger partial charge >= 0.3 is 5.69 Å². The highest BCUT2D eigenvalue weighted by Gasteiger charge is 2.13. The summed E-state index contributed by atoms with van der Waals surface area (Å²) in [6.07, 6.45) is 2.92. The standard InChI is InChI=1S/C20H14Cl3N5O4/c21-14-7-16(22)19(17(23)8-14)31-11-12-2-1-3-13(6-12)20-26-25-18(32-20)4-5-27-10-15(9-24-27)28(29)30/h1-3,6-10H,4-5,11H2. The maximum atomic E-state index is 10.7. The molecule has 0 saturated heterocycles. The Bertz CT molecular complexity index is 1250. The highest BCUT2D eigenvalue weighted by Crippen LogP contribution is 2.36. The van der Waals surface area contributed by atoms with Gasteiger partial charge in [-0.25, -0.2) is 0 Å². The molecule has 0 spiro atoms. The Hall–Kier alpha value is -3.14. The fraction of sp³-hybridized carbons (Fsp3) is 0.150. The van der Waals surface area contributed by atoms with E-state index < -0.39 is 4.92 Å². The molecule has 0 bridgehead atoms. The van der Waals surface area contributed by atoms with Crippen molar-refractivity contribution < 1.29 is 14.1 Å². The summed E-state index contributed by atoms with van der Waals surface area (Å²) in [5, 5.41) is 23.8. The molecule has 12 heteroatoms. The predicted molar refractivity (Wildman–Crippen MR) is 118 cm³/mol. The Labute approximate surface area is 196 Å². The van der Waals surface area contributed by atoms with Crippen LogP contribution in [0, 0.1) is 10.1 Å². The van der Waals surface area contributed by atoms with E-state index in [1.807, 2.05) is 24.3 Å². The fourth-order valence-electron chi connectivity index (χ4n) is 2.87. The molecule has 0 aliphatic heterocycles. The van der Waals surface area contributed by atoms with Gasteiger partial charge in [0, 0.05) is 23.6 Å². The summed E-state index contributed by atoms with van der Waals surface area (Å²) < 4.78 is 12.9. The first-order valence-electron chi connectivity index (χ1n) is 9.25. The summed E-state index contributed by atoms with van der Waals surface area (Å²) in [4.78, 5) is 10.2. The number of rotatable bonds is 8. The van der Waals surface area contributed by atoms with Gasteiger partial charge in [-0.2, -0.15) is 5.10 Å². The molecule has 4 rings (SSSR count). The van der Waals surface area contributed by atoms with Crippen LogP contribution in [0.2, 0.25) is 15.1 Å². The monoisotopic (exact) mass is 493 g/mol. The number of nitrogens with zero attached hydrogens (tertiary/aromatic N) is 5. The highest BCUT2D eigenvalue weighted by atomic mass is 35.5. The number of nitro groups is 1. The topological polar surface area (TPSA) is 109 Å². The van der Waals surface area contributed by atoms with Gasteiger partial charge in [0.1, 0.15) is 19.0 Å². The van der Waals surface area contributed by atoms with Crippen molar-refractivity contribution in [2.24, 2.45) is 0 Å². The molecule has 0 amide bonds. The zero-order valence-corrected chi connectivity index (χ0v) is 18.5. The lowest BCUT2D eigenvalue weighted by Crippen LogP contribution is -2.01. The number of ether oxygens (including phenoxy) is 1. The van der Waals surface area contributed by atoms with Crippen molar-refractivity contribution in [1.82, 2.24) is 20.0 Å². The number of hydrogen-bond acceptors (Lipinski definition) is 7.